The van der Waals surface area contributed by atoms with E-state index < -0.39 is 16.5 Å². The van der Waals surface area contributed by atoms with Gasteiger partial charge < -0.3 is 9.96 Å². The lowest BCUT2D eigenvalue weighted by Gasteiger charge is -2.30. The molecule has 2 aromatic rings. The molecule has 0 heterocycles. The van der Waals surface area contributed by atoms with Crippen molar-refractivity contribution in [3.05, 3.63) is 71.8 Å². The molecule has 2 rings (SSSR count). The first-order valence-corrected chi connectivity index (χ1v) is 17.8. The van der Waals surface area contributed by atoms with Crippen molar-refractivity contribution < 1.29 is 0 Å². The van der Waals surface area contributed by atoms with Crippen LogP contribution >= 0.6 is 0 Å². The summed E-state index contributed by atoms with van der Waals surface area (Å²) in [5, 5.41) is 7.45. The van der Waals surface area contributed by atoms with E-state index in [2.05, 4.69) is 121 Å². The maximum atomic E-state index is 3.83. The van der Waals surface area contributed by atoms with Crippen LogP contribution in [0.5, 0.6) is 0 Å². The zero-order chi connectivity index (χ0) is 21.3. The van der Waals surface area contributed by atoms with Gasteiger partial charge in [0.1, 0.15) is 16.5 Å². The van der Waals surface area contributed by atoms with Gasteiger partial charge in [0.25, 0.3) is 0 Å². The number of hydrogen-bond acceptors (Lipinski definition) is 4. The van der Waals surface area contributed by atoms with Crippen molar-refractivity contribution in [2.75, 3.05) is 13.1 Å². The summed E-state index contributed by atoms with van der Waals surface area (Å²) < 4.78 is 0. The van der Waals surface area contributed by atoms with Crippen LogP contribution in [0.25, 0.3) is 0 Å². The summed E-state index contributed by atoms with van der Waals surface area (Å²) in [6, 6.07) is 21.4. The summed E-state index contributed by atoms with van der Waals surface area (Å²) >= 11 is 0. The maximum absolute atomic E-state index is 3.83. The fourth-order valence-electron chi connectivity index (χ4n) is 3.24. The normalized spacial score (nSPS) is 14.6. The summed E-state index contributed by atoms with van der Waals surface area (Å²) in [6.45, 7) is 16.0. The fraction of sp³-hybridized carbons (Fsp3) is 0.478. The van der Waals surface area contributed by atoms with Crippen LogP contribution in [0.4, 0.5) is 0 Å². The number of benzene rings is 2. The van der Waals surface area contributed by atoms with Gasteiger partial charge in [-0.3, -0.25) is 10.6 Å². The molecular formula is C23H40N4Si2. The standard InChI is InChI=1S/C23H40N4Si2/c1-28(2,3)26-22(20-14-9-7-10-15-20)24-18-13-19-25-23(27-29(4,5)6)21-16-11-8-12-17-21/h7-12,14-17,22-27H,13,18-19H2,1-6H3. The Balaban J connectivity index is 1.87. The van der Waals surface area contributed by atoms with Crippen LogP contribution in [0.15, 0.2) is 60.7 Å². The maximum Gasteiger partial charge on any atom is 0.118 e. The molecule has 29 heavy (non-hydrogen) atoms. The lowest BCUT2D eigenvalue weighted by Crippen LogP contribution is -2.50. The Labute approximate surface area is 180 Å². The molecule has 2 aromatic carbocycles. The molecule has 4 nitrogen and oxygen atoms in total. The number of rotatable bonds is 12. The molecular weight excluding hydrogens is 388 g/mol. The van der Waals surface area contributed by atoms with Crippen LogP contribution in [0.3, 0.4) is 0 Å². The molecule has 0 aliphatic rings. The lowest BCUT2D eigenvalue weighted by molar-refractivity contribution is 0.459. The number of nitrogens with one attached hydrogen (secondary N) is 4. The van der Waals surface area contributed by atoms with Crippen LogP contribution in [-0.2, 0) is 0 Å². The molecule has 0 aliphatic carbocycles. The van der Waals surface area contributed by atoms with Gasteiger partial charge in [0.15, 0.2) is 0 Å². The van der Waals surface area contributed by atoms with E-state index in [1.807, 2.05) is 0 Å². The molecule has 0 saturated carbocycles. The first-order chi connectivity index (χ1) is 13.6. The smallest absolute Gasteiger partial charge is 0.118 e. The fourth-order valence-corrected chi connectivity index (χ4v) is 5.51. The third-order valence-corrected chi connectivity index (χ3v) is 6.78. The molecule has 0 spiro atoms. The molecule has 0 saturated heterocycles. The van der Waals surface area contributed by atoms with Gasteiger partial charge in [-0.15, -0.1) is 0 Å². The lowest BCUT2D eigenvalue weighted by atomic mass is 10.1. The summed E-state index contributed by atoms with van der Waals surface area (Å²) in [4.78, 5) is 7.66. The van der Waals surface area contributed by atoms with E-state index in [-0.39, 0.29) is 12.3 Å². The van der Waals surface area contributed by atoms with E-state index in [0.29, 0.717) is 0 Å². The average Bonchev–Trinajstić information content (AvgIpc) is 2.65. The van der Waals surface area contributed by atoms with Crippen LogP contribution in [0, 0.1) is 0 Å². The first kappa shape index (κ1) is 24.0. The predicted molar refractivity (Wildman–Crippen MR) is 132 cm³/mol. The van der Waals surface area contributed by atoms with Gasteiger partial charge in [0.2, 0.25) is 0 Å². The Kier molecular flexibility index (Phi) is 9.26. The van der Waals surface area contributed by atoms with Crippen LogP contribution in [-0.4, -0.2) is 29.6 Å². The highest BCUT2D eigenvalue weighted by Crippen LogP contribution is 2.14. The molecule has 2 atom stereocenters. The summed E-state index contributed by atoms with van der Waals surface area (Å²) in [7, 11) is -2.79. The highest BCUT2D eigenvalue weighted by Gasteiger charge is 2.21. The highest BCUT2D eigenvalue weighted by atomic mass is 28.3. The summed E-state index contributed by atoms with van der Waals surface area (Å²) in [5.74, 6) is 0. The van der Waals surface area contributed by atoms with Crippen molar-refractivity contribution in [1.82, 2.24) is 20.6 Å². The van der Waals surface area contributed by atoms with Gasteiger partial charge in [0.05, 0.1) is 12.3 Å². The third kappa shape index (κ3) is 9.84. The summed E-state index contributed by atoms with van der Waals surface area (Å²) in [6.07, 6.45) is 1.51. The molecule has 0 bridgehead atoms. The Morgan fingerprint density at radius 1 is 0.586 bits per heavy atom. The van der Waals surface area contributed by atoms with E-state index >= 15 is 0 Å². The van der Waals surface area contributed by atoms with Crippen molar-refractivity contribution in [1.29, 1.82) is 0 Å². The minimum absolute atomic E-state index is 0.216. The van der Waals surface area contributed by atoms with E-state index in [1.165, 1.54) is 11.1 Å². The van der Waals surface area contributed by atoms with Crippen LogP contribution in [0.1, 0.15) is 29.9 Å². The first-order valence-electron chi connectivity index (χ1n) is 10.8. The molecule has 0 fully saturated rings. The Morgan fingerprint density at radius 2 is 0.931 bits per heavy atom. The van der Waals surface area contributed by atoms with Crippen molar-refractivity contribution >= 4 is 16.5 Å². The second kappa shape index (κ2) is 11.2. The zero-order valence-electron chi connectivity index (χ0n) is 19.0. The van der Waals surface area contributed by atoms with Crippen LogP contribution < -0.4 is 20.6 Å². The third-order valence-electron chi connectivity index (χ3n) is 4.47. The number of hydrogen-bond donors (Lipinski definition) is 4. The molecule has 0 amide bonds. The van der Waals surface area contributed by atoms with Gasteiger partial charge in [-0.25, -0.2) is 0 Å². The van der Waals surface area contributed by atoms with Gasteiger partial charge in [0, 0.05) is 0 Å². The Bertz CT molecular complexity index is 635. The molecule has 0 aromatic heterocycles. The monoisotopic (exact) mass is 428 g/mol. The highest BCUT2D eigenvalue weighted by molar-refractivity contribution is 6.74. The molecule has 2 unspecified atom stereocenters. The molecule has 4 N–H and O–H groups in total. The quantitative estimate of drug-likeness (QED) is 0.223. The predicted octanol–water partition coefficient (Wildman–Crippen LogP) is 4.80. The van der Waals surface area contributed by atoms with Gasteiger partial charge >= 0.3 is 0 Å². The van der Waals surface area contributed by atoms with Crippen molar-refractivity contribution in [2.45, 2.75) is 58.0 Å². The molecule has 6 heteroatoms. The Hall–Kier alpha value is -1.29. The molecule has 160 valence electrons. The topological polar surface area (TPSA) is 48.1 Å². The van der Waals surface area contributed by atoms with Gasteiger partial charge in [-0.2, -0.15) is 0 Å². The largest absolute Gasteiger partial charge is 0.319 e. The second-order valence-corrected chi connectivity index (χ2v) is 19.3. The minimum atomic E-state index is -1.39. The minimum Gasteiger partial charge on any atom is -0.319 e. The van der Waals surface area contributed by atoms with Crippen molar-refractivity contribution in [3.63, 3.8) is 0 Å². The van der Waals surface area contributed by atoms with E-state index in [1.54, 1.807) is 0 Å². The van der Waals surface area contributed by atoms with Crippen molar-refractivity contribution in [3.8, 4) is 0 Å². The zero-order valence-corrected chi connectivity index (χ0v) is 21.0. The van der Waals surface area contributed by atoms with Crippen molar-refractivity contribution in [2.24, 2.45) is 0 Å². The van der Waals surface area contributed by atoms with E-state index in [4.69, 9.17) is 0 Å². The second-order valence-electron chi connectivity index (χ2n) is 9.74. The van der Waals surface area contributed by atoms with E-state index in [0.717, 1.165) is 19.5 Å². The average molecular weight is 429 g/mol. The SMILES string of the molecule is C[Si](C)(C)NC(NCCCNC(N[Si](C)(C)C)c1ccccc1)c1ccccc1. The Morgan fingerprint density at radius 3 is 1.24 bits per heavy atom. The summed E-state index contributed by atoms with van der Waals surface area (Å²) in [5.41, 5.74) is 2.62. The molecule has 0 radical (unpaired) electrons. The molecule has 0 aliphatic heterocycles. The van der Waals surface area contributed by atoms with E-state index in [9.17, 15) is 0 Å². The van der Waals surface area contributed by atoms with Crippen LogP contribution in [0.2, 0.25) is 39.3 Å². The van der Waals surface area contributed by atoms with Gasteiger partial charge in [-0.1, -0.05) is 99.9 Å². The van der Waals surface area contributed by atoms with Gasteiger partial charge in [-0.05, 0) is 30.6 Å².